The predicted molar refractivity (Wildman–Crippen MR) is 87.8 cm³/mol. The van der Waals surface area contributed by atoms with Crippen LogP contribution in [0.2, 0.25) is 5.02 Å². The van der Waals surface area contributed by atoms with E-state index in [2.05, 4.69) is 18.4 Å². The first-order valence-electron chi connectivity index (χ1n) is 6.82. The van der Waals surface area contributed by atoms with E-state index in [1.807, 2.05) is 38.1 Å². The molecule has 0 radical (unpaired) electrons. The molecule has 21 heavy (non-hydrogen) atoms. The average Bonchev–Trinajstić information content (AvgIpc) is 2.61. The normalized spacial score (nSPS) is 12.1. The Kier molecular flexibility index (Phi) is 4.22. The van der Waals surface area contributed by atoms with Crippen LogP contribution in [-0.4, -0.2) is 19.2 Å². The molecule has 0 spiro atoms. The van der Waals surface area contributed by atoms with Gasteiger partial charge in [-0.1, -0.05) is 23.7 Å². The van der Waals surface area contributed by atoms with Crippen molar-refractivity contribution < 1.29 is 8.42 Å². The van der Waals surface area contributed by atoms with Crippen molar-refractivity contribution in [1.29, 1.82) is 0 Å². The molecule has 0 saturated heterocycles. The summed E-state index contributed by atoms with van der Waals surface area (Å²) in [7, 11) is -3.26. The van der Waals surface area contributed by atoms with Gasteiger partial charge in [-0.2, -0.15) is 0 Å². The summed E-state index contributed by atoms with van der Waals surface area (Å²) in [4.78, 5) is 0.432. The molecule has 0 N–H and O–H groups in total. The molecule has 0 bridgehead atoms. The van der Waals surface area contributed by atoms with E-state index in [-0.39, 0.29) is 6.04 Å². The van der Waals surface area contributed by atoms with Gasteiger partial charge in [0.15, 0.2) is 9.84 Å². The Labute approximate surface area is 131 Å². The van der Waals surface area contributed by atoms with E-state index in [1.165, 1.54) is 6.26 Å². The van der Waals surface area contributed by atoms with Crippen molar-refractivity contribution in [3.05, 3.63) is 40.5 Å². The standard InChI is InChI=1S/C16H20ClNO2S/c1-10(2)18-12(4)16(21(5,19)20)11(3)15(18)13-6-8-14(17)9-7-13/h6-10H,1-5H3. The second-order valence-electron chi connectivity index (χ2n) is 5.63. The van der Waals surface area contributed by atoms with Crippen LogP contribution in [0.3, 0.4) is 0 Å². The summed E-state index contributed by atoms with van der Waals surface area (Å²) >= 11 is 5.95. The van der Waals surface area contributed by atoms with Gasteiger partial charge in [0, 0.05) is 23.0 Å². The molecular formula is C16H20ClNO2S. The molecule has 0 unspecified atom stereocenters. The fourth-order valence-corrected chi connectivity index (χ4v) is 4.41. The molecule has 5 heteroatoms. The summed E-state index contributed by atoms with van der Waals surface area (Å²) < 4.78 is 26.3. The van der Waals surface area contributed by atoms with Gasteiger partial charge in [0.1, 0.15) is 0 Å². The van der Waals surface area contributed by atoms with Crippen molar-refractivity contribution in [1.82, 2.24) is 4.57 Å². The van der Waals surface area contributed by atoms with Gasteiger partial charge in [-0.25, -0.2) is 8.42 Å². The summed E-state index contributed by atoms with van der Waals surface area (Å²) in [5.74, 6) is 0. The Balaban J connectivity index is 2.85. The van der Waals surface area contributed by atoms with Crippen LogP contribution < -0.4 is 0 Å². The Morgan fingerprint density at radius 2 is 1.62 bits per heavy atom. The minimum Gasteiger partial charge on any atom is -0.341 e. The summed E-state index contributed by atoms with van der Waals surface area (Å²) in [6.45, 7) is 7.84. The molecule has 0 amide bonds. The van der Waals surface area contributed by atoms with Gasteiger partial charge < -0.3 is 4.57 Å². The lowest BCUT2D eigenvalue weighted by Gasteiger charge is -2.16. The highest BCUT2D eigenvalue weighted by Gasteiger charge is 2.25. The van der Waals surface area contributed by atoms with Gasteiger partial charge >= 0.3 is 0 Å². The molecule has 0 fully saturated rings. The van der Waals surface area contributed by atoms with Crippen LogP contribution in [0.4, 0.5) is 0 Å². The maximum absolute atomic E-state index is 12.1. The molecule has 0 aliphatic carbocycles. The van der Waals surface area contributed by atoms with Gasteiger partial charge in [-0.3, -0.25) is 0 Å². The third-order valence-electron chi connectivity index (χ3n) is 3.63. The molecule has 3 nitrogen and oxygen atoms in total. The third-order valence-corrected chi connectivity index (χ3v) is 5.23. The number of nitrogens with zero attached hydrogens (tertiary/aromatic N) is 1. The Morgan fingerprint density at radius 3 is 2.05 bits per heavy atom. The molecule has 0 aliphatic heterocycles. The predicted octanol–water partition coefficient (Wildman–Crippen LogP) is 4.41. The number of rotatable bonds is 3. The van der Waals surface area contributed by atoms with Crippen molar-refractivity contribution in [3.8, 4) is 11.3 Å². The molecular weight excluding hydrogens is 306 g/mol. The van der Waals surface area contributed by atoms with Crippen LogP contribution >= 0.6 is 11.6 Å². The van der Waals surface area contributed by atoms with Crippen LogP contribution in [-0.2, 0) is 9.84 Å². The van der Waals surface area contributed by atoms with E-state index in [0.717, 1.165) is 22.5 Å². The zero-order chi connectivity index (χ0) is 15.9. The highest BCUT2D eigenvalue weighted by atomic mass is 35.5. The van der Waals surface area contributed by atoms with Crippen molar-refractivity contribution in [2.75, 3.05) is 6.26 Å². The molecule has 2 rings (SSSR count). The minimum atomic E-state index is -3.26. The van der Waals surface area contributed by atoms with E-state index in [1.54, 1.807) is 0 Å². The SMILES string of the molecule is Cc1c(S(C)(=O)=O)c(C)n(C(C)C)c1-c1ccc(Cl)cc1. The largest absolute Gasteiger partial charge is 0.341 e. The fraction of sp³-hybridized carbons (Fsp3) is 0.375. The Morgan fingerprint density at radius 1 is 1.10 bits per heavy atom. The molecule has 114 valence electrons. The number of hydrogen-bond donors (Lipinski definition) is 0. The van der Waals surface area contributed by atoms with Gasteiger partial charge in [-0.05, 0) is 51.0 Å². The zero-order valence-electron chi connectivity index (χ0n) is 12.9. The van der Waals surface area contributed by atoms with Crippen LogP contribution in [0.5, 0.6) is 0 Å². The summed E-state index contributed by atoms with van der Waals surface area (Å²) in [5, 5.41) is 0.666. The lowest BCUT2D eigenvalue weighted by atomic mass is 10.1. The molecule has 1 aromatic heterocycles. The number of aromatic nitrogens is 1. The molecule has 0 atom stereocenters. The Hall–Kier alpha value is -1.26. The van der Waals surface area contributed by atoms with Gasteiger partial charge in [0.05, 0.1) is 10.6 Å². The first-order valence-corrected chi connectivity index (χ1v) is 9.09. The van der Waals surface area contributed by atoms with Crippen molar-refractivity contribution in [3.63, 3.8) is 0 Å². The van der Waals surface area contributed by atoms with Gasteiger partial charge in [0.2, 0.25) is 0 Å². The Bertz CT molecular complexity index is 772. The quantitative estimate of drug-likeness (QED) is 0.838. The third kappa shape index (κ3) is 2.87. The summed E-state index contributed by atoms with van der Waals surface area (Å²) in [6, 6.07) is 7.67. The first-order chi connectivity index (χ1) is 9.64. The van der Waals surface area contributed by atoms with Crippen molar-refractivity contribution in [2.24, 2.45) is 0 Å². The van der Waals surface area contributed by atoms with Crippen LogP contribution in [0.15, 0.2) is 29.2 Å². The highest BCUT2D eigenvalue weighted by Crippen LogP contribution is 2.36. The van der Waals surface area contributed by atoms with Crippen LogP contribution in [0.1, 0.15) is 31.1 Å². The molecule has 1 heterocycles. The number of benzene rings is 1. The molecule has 1 aromatic carbocycles. The van der Waals surface area contributed by atoms with E-state index in [4.69, 9.17) is 11.6 Å². The van der Waals surface area contributed by atoms with Crippen LogP contribution in [0.25, 0.3) is 11.3 Å². The monoisotopic (exact) mass is 325 g/mol. The smallest absolute Gasteiger partial charge is 0.177 e. The molecule has 0 aliphatic rings. The molecule has 0 saturated carbocycles. The van der Waals surface area contributed by atoms with E-state index >= 15 is 0 Å². The fourth-order valence-electron chi connectivity index (χ4n) is 2.99. The summed E-state index contributed by atoms with van der Waals surface area (Å²) in [6.07, 6.45) is 1.26. The topological polar surface area (TPSA) is 39.1 Å². The van der Waals surface area contributed by atoms with E-state index < -0.39 is 9.84 Å². The lowest BCUT2D eigenvalue weighted by molar-refractivity contribution is 0.583. The van der Waals surface area contributed by atoms with E-state index in [9.17, 15) is 8.42 Å². The summed E-state index contributed by atoms with van der Waals surface area (Å²) in [5.41, 5.74) is 3.50. The maximum Gasteiger partial charge on any atom is 0.177 e. The van der Waals surface area contributed by atoms with Crippen molar-refractivity contribution >= 4 is 21.4 Å². The van der Waals surface area contributed by atoms with Crippen LogP contribution in [0, 0.1) is 13.8 Å². The van der Waals surface area contributed by atoms with E-state index in [0.29, 0.717) is 9.92 Å². The molecule has 2 aromatic rings. The zero-order valence-corrected chi connectivity index (χ0v) is 14.5. The number of halogens is 1. The van der Waals surface area contributed by atoms with Gasteiger partial charge in [0.25, 0.3) is 0 Å². The van der Waals surface area contributed by atoms with Gasteiger partial charge in [-0.15, -0.1) is 0 Å². The number of sulfone groups is 1. The lowest BCUT2D eigenvalue weighted by Crippen LogP contribution is -2.06. The number of hydrogen-bond acceptors (Lipinski definition) is 2. The van der Waals surface area contributed by atoms with Crippen molar-refractivity contribution in [2.45, 2.75) is 38.6 Å². The first kappa shape index (κ1) is 16.1. The average molecular weight is 326 g/mol. The second kappa shape index (κ2) is 5.50. The highest BCUT2D eigenvalue weighted by molar-refractivity contribution is 7.90. The maximum atomic E-state index is 12.1. The second-order valence-corrected chi connectivity index (χ2v) is 8.02. The minimum absolute atomic E-state index is 0.171.